The molecule has 0 atom stereocenters. The molecule has 0 unspecified atom stereocenters. The van der Waals surface area contributed by atoms with Crippen molar-refractivity contribution in [2.24, 2.45) is 5.92 Å². The van der Waals surface area contributed by atoms with Crippen LogP contribution in [0.25, 0.3) is 0 Å². The third-order valence-electron chi connectivity index (χ3n) is 8.59. The maximum absolute atomic E-state index is 14.0. The van der Waals surface area contributed by atoms with E-state index in [-0.39, 0.29) is 30.7 Å². The van der Waals surface area contributed by atoms with Gasteiger partial charge in [0, 0.05) is 36.9 Å². The number of ether oxygens (including phenoxy) is 1. The Hall–Kier alpha value is -2.65. The van der Waals surface area contributed by atoms with Crippen LogP contribution in [-0.2, 0) is 16.1 Å². The van der Waals surface area contributed by atoms with Crippen molar-refractivity contribution in [3.8, 4) is 0 Å². The lowest BCUT2D eigenvalue weighted by Gasteiger charge is -2.35. The Balaban J connectivity index is 1.23. The number of anilines is 3. The number of nitrogens with zero attached hydrogens (tertiary/aromatic N) is 2. The Labute approximate surface area is 215 Å². The molecule has 1 amide bonds. The van der Waals surface area contributed by atoms with Gasteiger partial charge in [-0.2, -0.15) is 13.2 Å². The second-order valence-electron chi connectivity index (χ2n) is 11.0. The van der Waals surface area contributed by atoms with E-state index in [9.17, 15) is 18.0 Å². The summed E-state index contributed by atoms with van der Waals surface area (Å²) < 4.78 is 45.8. The standard InChI is InChI=1S/C28H33F3N4O2/c29-28(30,31)27(11-12-27)34-22-6-3-19(4-7-22)26(36)35-17-21-2-1-13-32-25(21)33-23-8-5-20(16-24(23)35)18-9-14-37-15-10-18/h1-2,5,8,13,16,18-19,22,34H,3-4,6-7,9-12,14-15,17H2,(H,32,33)/t19-,22-. The maximum atomic E-state index is 14.0. The fourth-order valence-electron chi connectivity index (χ4n) is 6.15. The second-order valence-corrected chi connectivity index (χ2v) is 11.0. The zero-order valence-electron chi connectivity index (χ0n) is 20.8. The average molecular weight is 515 g/mol. The molecule has 1 aromatic carbocycles. The fourth-order valence-corrected chi connectivity index (χ4v) is 6.15. The molecule has 0 bridgehead atoms. The van der Waals surface area contributed by atoms with Gasteiger partial charge in [0.25, 0.3) is 0 Å². The van der Waals surface area contributed by atoms with E-state index in [1.54, 1.807) is 6.20 Å². The third-order valence-corrected chi connectivity index (χ3v) is 8.59. The highest BCUT2D eigenvalue weighted by Crippen LogP contribution is 2.50. The largest absolute Gasteiger partial charge is 0.406 e. The van der Waals surface area contributed by atoms with Crippen LogP contribution >= 0.6 is 0 Å². The van der Waals surface area contributed by atoms with Crippen molar-refractivity contribution in [2.45, 2.75) is 81.6 Å². The molecule has 2 N–H and O–H groups in total. The van der Waals surface area contributed by atoms with Crippen molar-refractivity contribution >= 4 is 23.1 Å². The summed E-state index contributed by atoms with van der Waals surface area (Å²) in [7, 11) is 0. The summed E-state index contributed by atoms with van der Waals surface area (Å²) in [6.45, 7) is 1.89. The molecule has 1 aromatic heterocycles. The van der Waals surface area contributed by atoms with Gasteiger partial charge in [-0.25, -0.2) is 4.98 Å². The first-order valence-corrected chi connectivity index (χ1v) is 13.4. The number of alkyl halides is 3. The number of amides is 1. The van der Waals surface area contributed by atoms with Crippen molar-refractivity contribution in [2.75, 3.05) is 23.4 Å². The summed E-state index contributed by atoms with van der Waals surface area (Å²) >= 11 is 0. The molecule has 0 radical (unpaired) electrons. The third kappa shape index (κ3) is 4.83. The number of carbonyl (C=O) groups is 1. The Morgan fingerprint density at radius 1 is 1.08 bits per heavy atom. The van der Waals surface area contributed by atoms with Crippen molar-refractivity contribution in [1.29, 1.82) is 0 Å². The van der Waals surface area contributed by atoms with Crippen LogP contribution in [0.4, 0.5) is 30.4 Å². The van der Waals surface area contributed by atoms with Crippen LogP contribution in [0.5, 0.6) is 0 Å². The van der Waals surface area contributed by atoms with E-state index in [0.29, 0.717) is 38.1 Å². The summed E-state index contributed by atoms with van der Waals surface area (Å²) in [5.74, 6) is 0.966. The van der Waals surface area contributed by atoms with E-state index < -0.39 is 11.7 Å². The first-order valence-electron chi connectivity index (χ1n) is 13.4. The highest BCUT2D eigenvalue weighted by molar-refractivity contribution is 5.99. The Kier molecular flexibility index (Phi) is 6.39. The number of benzene rings is 1. The average Bonchev–Trinajstić information content (AvgIpc) is 3.72. The predicted molar refractivity (Wildman–Crippen MR) is 135 cm³/mol. The van der Waals surface area contributed by atoms with Crippen LogP contribution in [0, 0.1) is 5.92 Å². The van der Waals surface area contributed by atoms with Gasteiger partial charge in [0.1, 0.15) is 11.4 Å². The SMILES string of the molecule is O=C([C@H]1CC[C@H](NC2(C(F)(F)F)CC2)CC1)N1Cc2cccnc2Nc2ccc(C3CCOCC3)cc21. The minimum atomic E-state index is -4.22. The topological polar surface area (TPSA) is 66.5 Å². The van der Waals surface area contributed by atoms with E-state index >= 15 is 0 Å². The number of hydrogen-bond donors (Lipinski definition) is 2. The van der Waals surface area contributed by atoms with Gasteiger partial charge in [0.05, 0.1) is 17.9 Å². The summed E-state index contributed by atoms with van der Waals surface area (Å²) in [4.78, 5) is 20.4. The Morgan fingerprint density at radius 3 is 2.54 bits per heavy atom. The van der Waals surface area contributed by atoms with Gasteiger partial charge in [-0.3, -0.25) is 4.79 Å². The lowest BCUT2D eigenvalue weighted by atomic mass is 9.84. The highest BCUT2D eigenvalue weighted by Gasteiger charge is 2.63. The van der Waals surface area contributed by atoms with Gasteiger partial charge in [0.15, 0.2) is 0 Å². The molecule has 6 nitrogen and oxygen atoms in total. The highest BCUT2D eigenvalue weighted by atomic mass is 19.4. The Bertz CT molecular complexity index is 1150. The van der Waals surface area contributed by atoms with E-state index in [4.69, 9.17) is 4.74 Å². The van der Waals surface area contributed by atoms with E-state index in [2.05, 4.69) is 27.8 Å². The lowest BCUT2D eigenvalue weighted by Crippen LogP contribution is -2.51. The molecular formula is C28H33F3N4O2. The molecule has 9 heteroatoms. The minimum absolute atomic E-state index is 0.0410. The number of rotatable bonds is 4. The van der Waals surface area contributed by atoms with Gasteiger partial charge in [-0.1, -0.05) is 12.1 Å². The number of fused-ring (bicyclic) bond motifs is 2. The molecule has 0 spiro atoms. The molecule has 6 rings (SSSR count). The molecule has 3 heterocycles. The number of carbonyl (C=O) groups excluding carboxylic acids is 1. The zero-order chi connectivity index (χ0) is 25.6. The van der Waals surface area contributed by atoms with Crippen LogP contribution in [0.15, 0.2) is 36.5 Å². The molecule has 2 aliphatic carbocycles. The first kappa shape index (κ1) is 24.7. The Morgan fingerprint density at radius 2 is 1.84 bits per heavy atom. The van der Waals surface area contributed by atoms with Gasteiger partial charge >= 0.3 is 6.18 Å². The van der Waals surface area contributed by atoms with Crippen molar-refractivity contribution in [3.05, 3.63) is 47.7 Å². The lowest BCUT2D eigenvalue weighted by molar-refractivity contribution is -0.168. The van der Waals surface area contributed by atoms with E-state index in [1.807, 2.05) is 23.1 Å². The number of aromatic nitrogens is 1. The van der Waals surface area contributed by atoms with E-state index in [1.165, 1.54) is 5.56 Å². The molecular weight excluding hydrogens is 481 g/mol. The molecule has 2 aliphatic heterocycles. The number of pyridine rings is 1. The van der Waals surface area contributed by atoms with Crippen LogP contribution in [0.1, 0.15) is 68.4 Å². The van der Waals surface area contributed by atoms with Crippen LogP contribution < -0.4 is 15.5 Å². The monoisotopic (exact) mass is 514 g/mol. The van der Waals surface area contributed by atoms with Crippen LogP contribution in [0.3, 0.4) is 0 Å². The minimum Gasteiger partial charge on any atom is -0.381 e. The maximum Gasteiger partial charge on any atom is 0.406 e. The van der Waals surface area contributed by atoms with E-state index in [0.717, 1.165) is 48.8 Å². The molecule has 3 fully saturated rings. The molecule has 2 saturated carbocycles. The summed E-state index contributed by atoms with van der Waals surface area (Å²) in [5, 5.41) is 6.32. The van der Waals surface area contributed by atoms with Gasteiger partial charge in [-0.05, 0) is 81.0 Å². The summed E-state index contributed by atoms with van der Waals surface area (Å²) in [6, 6.07) is 9.96. The molecule has 198 valence electrons. The number of hydrogen-bond acceptors (Lipinski definition) is 5. The first-order chi connectivity index (χ1) is 17.8. The van der Waals surface area contributed by atoms with Gasteiger partial charge < -0.3 is 20.3 Å². The quantitative estimate of drug-likeness (QED) is 0.539. The zero-order valence-corrected chi connectivity index (χ0v) is 20.8. The van der Waals surface area contributed by atoms with Gasteiger partial charge in [-0.15, -0.1) is 0 Å². The van der Waals surface area contributed by atoms with Crippen molar-refractivity contribution in [3.63, 3.8) is 0 Å². The number of halogens is 3. The molecule has 1 saturated heterocycles. The molecule has 4 aliphatic rings. The normalized spacial score (nSPS) is 25.4. The summed E-state index contributed by atoms with van der Waals surface area (Å²) in [6.07, 6.45) is 2.06. The van der Waals surface area contributed by atoms with Crippen molar-refractivity contribution < 1.29 is 22.7 Å². The molecule has 2 aromatic rings. The smallest absolute Gasteiger partial charge is 0.381 e. The fraction of sp³-hybridized carbons (Fsp3) is 0.571. The van der Waals surface area contributed by atoms with Crippen LogP contribution in [-0.4, -0.2) is 41.9 Å². The van der Waals surface area contributed by atoms with Crippen molar-refractivity contribution in [1.82, 2.24) is 10.3 Å². The summed E-state index contributed by atoms with van der Waals surface area (Å²) in [5.41, 5.74) is 2.13. The number of nitrogens with one attached hydrogen (secondary N) is 2. The molecule has 37 heavy (non-hydrogen) atoms. The predicted octanol–water partition coefficient (Wildman–Crippen LogP) is 5.81. The second kappa shape index (κ2) is 9.58. The van der Waals surface area contributed by atoms with Crippen LogP contribution in [0.2, 0.25) is 0 Å². The van der Waals surface area contributed by atoms with Gasteiger partial charge in [0.2, 0.25) is 5.91 Å².